The number of ketones is 1. The lowest BCUT2D eigenvalue weighted by Crippen LogP contribution is -2.58. The first-order chi connectivity index (χ1) is 24.6. The van der Waals surface area contributed by atoms with Crippen LogP contribution in [0.15, 0.2) is 72.8 Å². The summed E-state index contributed by atoms with van der Waals surface area (Å²) >= 11 is 0. The highest BCUT2D eigenvalue weighted by Crippen LogP contribution is 2.41. The van der Waals surface area contributed by atoms with E-state index in [0.717, 1.165) is 10.3 Å². The Morgan fingerprint density at radius 3 is 2.16 bits per heavy atom. The summed E-state index contributed by atoms with van der Waals surface area (Å²) in [5, 5.41) is 14.5. The Morgan fingerprint density at radius 1 is 0.863 bits per heavy atom. The zero-order valence-electron chi connectivity index (χ0n) is 28.3. The number of nitrogens with zero attached hydrogens (tertiary/aromatic N) is 1. The number of nitrogens with one attached hydrogen (secondary N) is 1. The van der Waals surface area contributed by atoms with Gasteiger partial charge in [-0.1, -0.05) is 42.5 Å². The molecule has 3 atom stereocenters. The Balaban J connectivity index is 1.67. The van der Waals surface area contributed by atoms with Crippen LogP contribution in [0, 0.1) is 11.7 Å². The van der Waals surface area contributed by atoms with E-state index in [4.69, 9.17) is 28.4 Å². The van der Waals surface area contributed by atoms with E-state index in [2.05, 4.69) is 5.32 Å². The van der Waals surface area contributed by atoms with Crippen molar-refractivity contribution in [2.75, 3.05) is 41.8 Å². The molecular formula is C37H37FN2O11. The Kier molecular flexibility index (Phi) is 11.6. The summed E-state index contributed by atoms with van der Waals surface area (Å²) in [5.74, 6) is -5.48. The molecule has 1 aliphatic rings. The topological polar surface area (TPSA) is 159 Å². The Bertz CT molecular complexity index is 1920. The molecule has 0 bridgehead atoms. The molecule has 14 heteroatoms. The fourth-order valence-electron chi connectivity index (χ4n) is 6.11. The first kappa shape index (κ1) is 36.4. The molecule has 0 saturated carbocycles. The van der Waals surface area contributed by atoms with Crippen LogP contribution in [0.4, 0.5) is 9.18 Å². The van der Waals surface area contributed by atoms with E-state index < -0.39 is 53.3 Å². The Morgan fingerprint density at radius 2 is 1.53 bits per heavy atom. The maximum Gasteiger partial charge on any atom is 0.410 e. The van der Waals surface area contributed by atoms with E-state index in [-0.39, 0.29) is 60.3 Å². The molecule has 1 heterocycles. The van der Waals surface area contributed by atoms with Crippen LogP contribution in [-0.2, 0) is 9.47 Å². The normalized spacial score (nSPS) is 17.2. The molecule has 4 aromatic rings. The molecule has 2 amide bonds. The second-order valence-electron chi connectivity index (χ2n) is 11.5. The molecule has 0 aliphatic carbocycles. The maximum atomic E-state index is 16.2. The van der Waals surface area contributed by atoms with Gasteiger partial charge in [-0.15, -0.1) is 0 Å². The van der Waals surface area contributed by atoms with Gasteiger partial charge in [-0.05, 0) is 47.9 Å². The number of Topliss-reactive ketones (excluding diaryl/α,β-unsaturated/α-hetero) is 1. The number of amides is 2. The van der Waals surface area contributed by atoms with Gasteiger partial charge in [-0.2, -0.15) is 0 Å². The lowest BCUT2D eigenvalue weighted by molar-refractivity contribution is -0.0417. The van der Waals surface area contributed by atoms with Crippen molar-refractivity contribution in [2.45, 2.75) is 25.1 Å². The molecule has 0 radical (unpaired) electrons. The number of rotatable bonds is 12. The monoisotopic (exact) mass is 704 g/mol. The van der Waals surface area contributed by atoms with Crippen molar-refractivity contribution >= 4 is 34.5 Å². The molecule has 0 aromatic heterocycles. The second kappa shape index (κ2) is 16.2. The molecular weight excluding hydrogens is 667 g/mol. The van der Waals surface area contributed by atoms with Crippen molar-refractivity contribution in [1.29, 1.82) is 0 Å². The first-order valence-electron chi connectivity index (χ1n) is 15.9. The standard InChI is InChI=1S/C37H37FN2O11/c1-46-20-50-26-18-23-14-9-8-13-22(23)17-25(26)34(42)39-31-24(32(41)29-27(47-2)19-28(48-3)33(49-4)30(29)38)15-10-16-40(37(44)45)35(31)51-36(43)21-11-6-5-7-12-21/h5-9,11-14,17-19,24,31,35H,10,15-16,20H2,1-4H3,(H,39,42)(H,44,45). The van der Waals surface area contributed by atoms with Crippen LogP contribution in [0.25, 0.3) is 10.8 Å². The number of benzene rings is 4. The number of esters is 1. The lowest BCUT2D eigenvalue weighted by Gasteiger charge is -2.35. The highest BCUT2D eigenvalue weighted by molar-refractivity contribution is 6.04. The van der Waals surface area contributed by atoms with E-state index in [9.17, 15) is 24.3 Å². The van der Waals surface area contributed by atoms with E-state index in [1.165, 1.54) is 46.6 Å². The summed E-state index contributed by atoms with van der Waals surface area (Å²) in [5.41, 5.74) is -0.408. The van der Waals surface area contributed by atoms with E-state index in [1.54, 1.807) is 42.5 Å². The van der Waals surface area contributed by atoms with Crippen molar-refractivity contribution < 1.29 is 57.1 Å². The zero-order valence-corrected chi connectivity index (χ0v) is 28.3. The third kappa shape index (κ3) is 7.65. The third-order valence-electron chi connectivity index (χ3n) is 8.55. The summed E-state index contributed by atoms with van der Waals surface area (Å²) in [6.07, 6.45) is -3.18. The minimum atomic E-state index is -1.74. The molecule has 1 fully saturated rings. The number of carbonyl (C=O) groups is 4. The highest BCUT2D eigenvalue weighted by atomic mass is 19.1. The van der Waals surface area contributed by atoms with Gasteiger partial charge < -0.3 is 38.8 Å². The molecule has 2 N–H and O–H groups in total. The summed E-state index contributed by atoms with van der Waals surface area (Å²) in [6.45, 7) is -0.381. The molecule has 1 aliphatic heterocycles. The molecule has 1 saturated heterocycles. The smallest absolute Gasteiger partial charge is 0.410 e. The van der Waals surface area contributed by atoms with E-state index >= 15 is 4.39 Å². The lowest BCUT2D eigenvalue weighted by atomic mass is 9.85. The fourth-order valence-corrected chi connectivity index (χ4v) is 6.11. The van der Waals surface area contributed by atoms with Gasteiger partial charge in [0.05, 0.1) is 44.1 Å². The molecule has 4 aromatic carbocycles. The van der Waals surface area contributed by atoms with E-state index in [0.29, 0.717) is 5.39 Å². The summed E-state index contributed by atoms with van der Waals surface area (Å²) < 4.78 is 48.7. The number of carboxylic acid groups (broad SMARTS) is 1. The number of fused-ring (bicyclic) bond motifs is 1. The predicted molar refractivity (Wildman–Crippen MR) is 181 cm³/mol. The van der Waals surface area contributed by atoms with Gasteiger partial charge in [0, 0.05) is 25.6 Å². The van der Waals surface area contributed by atoms with Crippen LogP contribution in [-0.4, -0.2) is 87.8 Å². The molecule has 51 heavy (non-hydrogen) atoms. The number of ether oxygens (including phenoxy) is 6. The van der Waals surface area contributed by atoms with Crippen LogP contribution >= 0.6 is 0 Å². The summed E-state index contributed by atoms with van der Waals surface area (Å²) in [7, 11) is 5.14. The minimum Gasteiger partial charge on any atom is -0.496 e. The zero-order chi connectivity index (χ0) is 36.7. The van der Waals surface area contributed by atoms with Gasteiger partial charge in [0.15, 0.2) is 29.9 Å². The average Bonchev–Trinajstić information content (AvgIpc) is 3.32. The SMILES string of the molecule is COCOc1cc2ccccc2cc1C(=O)NC1C(C(=O)c2c(OC)cc(OC)c(OC)c2F)CCCN(C(=O)O)C1OC(=O)c1ccccc1. The maximum absolute atomic E-state index is 16.2. The number of methoxy groups -OCH3 is 4. The molecule has 0 spiro atoms. The first-order valence-corrected chi connectivity index (χ1v) is 15.9. The van der Waals surface area contributed by atoms with Gasteiger partial charge >= 0.3 is 12.1 Å². The molecule has 13 nitrogen and oxygen atoms in total. The number of carbonyl (C=O) groups excluding carboxylic acids is 3. The molecule has 5 rings (SSSR count). The van der Waals surface area contributed by atoms with Crippen LogP contribution in [0.5, 0.6) is 23.0 Å². The summed E-state index contributed by atoms with van der Waals surface area (Å²) in [4.78, 5) is 55.9. The van der Waals surface area contributed by atoms with Crippen molar-refractivity contribution in [3.8, 4) is 23.0 Å². The quantitative estimate of drug-likeness (QED) is 0.108. The number of hydrogen-bond donors (Lipinski definition) is 2. The van der Waals surface area contributed by atoms with Gasteiger partial charge in [0.25, 0.3) is 5.91 Å². The molecule has 268 valence electrons. The van der Waals surface area contributed by atoms with Crippen molar-refractivity contribution in [3.63, 3.8) is 0 Å². The summed E-state index contributed by atoms with van der Waals surface area (Å²) in [6, 6.07) is 18.0. The minimum absolute atomic E-state index is 0.0195. The average molecular weight is 705 g/mol. The Hall–Kier alpha value is -5.89. The van der Waals surface area contributed by atoms with Gasteiger partial charge in [0.1, 0.15) is 11.5 Å². The predicted octanol–water partition coefficient (Wildman–Crippen LogP) is 5.54. The largest absolute Gasteiger partial charge is 0.496 e. The number of halogens is 1. The van der Waals surface area contributed by atoms with Crippen molar-refractivity contribution in [3.05, 3.63) is 95.3 Å². The van der Waals surface area contributed by atoms with E-state index in [1.807, 2.05) is 12.1 Å². The van der Waals surface area contributed by atoms with Crippen LogP contribution < -0.4 is 24.3 Å². The van der Waals surface area contributed by atoms with Gasteiger partial charge in [-0.25, -0.2) is 14.0 Å². The molecule has 3 unspecified atom stereocenters. The Labute approximate surface area is 292 Å². The number of hydrogen-bond acceptors (Lipinski definition) is 10. The van der Waals surface area contributed by atoms with Gasteiger partial charge in [0.2, 0.25) is 6.23 Å². The van der Waals surface area contributed by atoms with Crippen molar-refractivity contribution in [2.24, 2.45) is 5.92 Å². The highest BCUT2D eigenvalue weighted by Gasteiger charge is 2.46. The van der Waals surface area contributed by atoms with Crippen LogP contribution in [0.2, 0.25) is 0 Å². The van der Waals surface area contributed by atoms with Crippen LogP contribution in [0.1, 0.15) is 43.9 Å². The fraction of sp³-hybridized carbons (Fsp3) is 0.297. The third-order valence-corrected chi connectivity index (χ3v) is 8.55. The van der Waals surface area contributed by atoms with Crippen LogP contribution in [0.3, 0.4) is 0 Å². The number of likely N-dealkylation sites (tertiary alicyclic amines) is 1. The second-order valence-corrected chi connectivity index (χ2v) is 11.5. The van der Waals surface area contributed by atoms with Crippen molar-refractivity contribution in [1.82, 2.24) is 10.2 Å². The van der Waals surface area contributed by atoms with Gasteiger partial charge in [-0.3, -0.25) is 14.5 Å².